The third-order valence-electron chi connectivity index (χ3n) is 4.70. The van der Waals surface area contributed by atoms with Gasteiger partial charge < -0.3 is 4.74 Å². The smallest absolute Gasteiger partial charge is 0.301 e. The summed E-state index contributed by atoms with van der Waals surface area (Å²) in [6, 6.07) is 10.8. The van der Waals surface area contributed by atoms with Crippen molar-refractivity contribution in [3.05, 3.63) is 68.3 Å². The fraction of sp³-hybridized carbons (Fsp3) is 0.409. The van der Waals surface area contributed by atoms with E-state index in [9.17, 15) is 20.2 Å². The van der Waals surface area contributed by atoms with Crippen LogP contribution in [0.3, 0.4) is 0 Å². The summed E-state index contributed by atoms with van der Waals surface area (Å²) in [5.74, 6) is 1.51. The predicted octanol–water partition coefficient (Wildman–Crippen LogP) is 5.93. The van der Waals surface area contributed by atoms with Crippen LogP contribution in [-0.2, 0) is 0 Å². The van der Waals surface area contributed by atoms with Crippen LogP contribution < -0.4 is 10.2 Å². The molecular formula is C22H28N4O5. The third kappa shape index (κ3) is 7.69. The molecule has 0 saturated heterocycles. The highest BCUT2D eigenvalue weighted by molar-refractivity contribution is 5.99. The minimum absolute atomic E-state index is 0.0763. The van der Waals surface area contributed by atoms with E-state index in [0.29, 0.717) is 12.3 Å². The van der Waals surface area contributed by atoms with Crippen molar-refractivity contribution >= 4 is 22.8 Å². The van der Waals surface area contributed by atoms with Crippen LogP contribution in [0, 0.1) is 26.1 Å². The molecule has 1 N–H and O–H groups in total. The molecule has 0 aliphatic rings. The zero-order valence-corrected chi connectivity index (χ0v) is 18.0. The largest absolute Gasteiger partial charge is 0.494 e. The number of non-ortho nitro benzene ring substituents is 1. The van der Waals surface area contributed by atoms with Crippen LogP contribution in [0.4, 0.5) is 17.1 Å². The molecule has 0 heterocycles. The first-order valence-electron chi connectivity index (χ1n) is 10.2. The molecule has 2 rings (SSSR count). The quantitative estimate of drug-likeness (QED) is 0.193. The number of hydrogen-bond acceptors (Lipinski definition) is 7. The number of nitro groups is 2. The molecule has 0 bridgehead atoms. The Kier molecular flexibility index (Phi) is 8.93. The first-order valence-corrected chi connectivity index (χ1v) is 10.2. The zero-order chi connectivity index (χ0) is 22.8. The summed E-state index contributed by atoms with van der Waals surface area (Å²) in [5.41, 5.74) is 3.36. The molecule has 0 atom stereocenters. The van der Waals surface area contributed by atoms with Crippen LogP contribution in [0.15, 0.2) is 47.6 Å². The van der Waals surface area contributed by atoms with Crippen molar-refractivity contribution in [3.8, 4) is 5.75 Å². The molecular weight excluding hydrogens is 400 g/mol. The number of ether oxygens (including phenoxy) is 1. The zero-order valence-electron chi connectivity index (χ0n) is 18.0. The van der Waals surface area contributed by atoms with Gasteiger partial charge in [0.15, 0.2) is 0 Å². The molecule has 0 aliphatic heterocycles. The lowest BCUT2D eigenvalue weighted by Gasteiger charge is -2.08. The van der Waals surface area contributed by atoms with Crippen molar-refractivity contribution in [3.63, 3.8) is 0 Å². The lowest BCUT2D eigenvalue weighted by molar-refractivity contribution is -0.393. The average Bonchev–Trinajstić information content (AvgIpc) is 2.74. The van der Waals surface area contributed by atoms with Crippen LogP contribution in [0.1, 0.15) is 52.0 Å². The van der Waals surface area contributed by atoms with Gasteiger partial charge >= 0.3 is 5.69 Å². The van der Waals surface area contributed by atoms with Crippen molar-refractivity contribution in [1.82, 2.24) is 0 Å². The number of nitro benzene ring substituents is 2. The summed E-state index contributed by atoms with van der Waals surface area (Å²) < 4.78 is 5.76. The number of nitrogens with one attached hydrogen (secondary N) is 1. The Labute approximate surface area is 181 Å². The molecule has 0 saturated carbocycles. The van der Waals surface area contributed by atoms with E-state index in [1.807, 2.05) is 24.3 Å². The van der Waals surface area contributed by atoms with Gasteiger partial charge in [-0.2, -0.15) is 5.10 Å². The van der Waals surface area contributed by atoms with Gasteiger partial charge in [0, 0.05) is 6.07 Å². The lowest BCUT2D eigenvalue weighted by atomic mass is 10.1. The third-order valence-corrected chi connectivity index (χ3v) is 4.70. The summed E-state index contributed by atoms with van der Waals surface area (Å²) >= 11 is 0. The van der Waals surface area contributed by atoms with E-state index in [0.717, 1.165) is 36.1 Å². The SMILES string of the molecule is CC(=NNc1ccc([N+](=O)[O-])cc1[N+](=O)[O-])c1ccc(OCCCCCC(C)C)cc1. The first-order chi connectivity index (χ1) is 14.8. The van der Waals surface area contributed by atoms with Gasteiger partial charge in [0.2, 0.25) is 0 Å². The summed E-state index contributed by atoms with van der Waals surface area (Å²) in [4.78, 5) is 20.7. The van der Waals surface area contributed by atoms with E-state index in [1.54, 1.807) is 6.92 Å². The van der Waals surface area contributed by atoms with Gasteiger partial charge in [0.05, 0.1) is 28.2 Å². The number of hydrogen-bond donors (Lipinski definition) is 1. The van der Waals surface area contributed by atoms with Crippen LogP contribution in [0.2, 0.25) is 0 Å². The fourth-order valence-electron chi connectivity index (χ4n) is 2.90. The highest BCUT2D eigenvalue weighted by atomic mass is 16.6. The molecule has 2 aromatic rings. The van der Waals surface area contributed by atoms with E-state index < -0.39 is 15.5 Å². The second kappa shape index (κ2) is 11.6. The van der Waals surface area contributed by atoms with Gasteiger partial charge in [-0.15, -0.1) is 0 Å². The second-order valence-electron chi connectivity index (χ2n) is 7.64. The molecule has 9 nitrogen and oxygen atoms in total. The molecule has 0 spiro atoms. The Balaban J connectivity index is 1.94. The predicted molar refractivity (Wildman–Crippen MR) is 121 cm³/mol. The Morgan fingerprint density at radius 1 is 1.03 bits per heavy atom. The van der Waals surface area contributed by atoms with Gasteiger partial charge in [-0.3, -0.25) is 25.7 Å². The van der Waals surface area contributed by atoms with Crippen molar-refractivity contribution in [2.45, 2.75) is 46.5 Å². The number of rotatable bonds is 12. The molecule has 0 unspecified atom stereocenters. The Hall–Kier alpha value is -3.49. The van der Waals surface area contributed by atoms with Gasteiger partial charge in [-0.25, -0.2) is 0 Å². The minimum Gasteiger partial charge on any atom is -0.494 e. The van der Waals surface area contributed by atoms with Crippen molar-refractivity contribution in [2.75, 3.05) is 12.0 Å². The maximum atomic E-state index is 11.2. The standard InChI is InChI=1S/C22H28N4O5/c1-16(2)7-5-4-6-14-31-20-11-8-18(9-12-20)17(3)23-24-21-13-10-19(25(27)28)15-22(21)26(29)30/h8-13,15-16,24H,4-7,14H2,1-3H3. The maximum absolute atomic E-state index is 11.2. The maximum Gasteiger partial charge on any atom is 0.301 e. The Morgan fingerprint density at radius 2 is 1.74 bits per heavy atom. The monoisotopic (exact) mass is 428 g/mol. The molecule has 0 amide bonds. The number of nitrogens with zero attached hydrogens (tertiary/aromatic N) is 3. The van der Waals surface area contributed by atoms with E-state index in [1.165, 1.54) is 25.0 Å². The number of hydrazone groups is 1. The topological polar surface area (TPSA) is 120 Å². The first kappa shape index (κ1) is 23.8. The van der Waals surface area contributed by atoms with Crippen LogP contribution in [-0.4, -0.2) is 22.2 Å². The van der Waals surface area contributed by atoms with Crippen LogP contribution in [0.25, 0.3) is 0 Å². The van der Waals surface area contributed by atoms with Gasteiger partial charge in [-0.05, 0) is 55.2 Å². The van der Waals surface area contributed by atoms with Gasteiger partial charge in [0.1, 0.15) is 11.4 Å². The Morgan fingerprint density at radius 3 is 2.35 bits per heavy atom. The highest BCUT2D eigenvalue weighted by Gasteiger charge is 2.19. The van der Waals surface area contributed by atoms with E-state index in [2.05, 4.69) is 24.4 Å². The highest BCUT2D eigenvalue weighted by Crippen LogP contribution is 2.29. The Bertz CT molecular complexity index is 926. The van der Waals surface area contributed by atoms with E-state index >= 15 is 0 Å². The number of benzene rings is 2. The molecule has 9 heteroatoms. The van der Waals surface area contributed by atoms with Crippen LogP contribution in [0.5, 0.6) is 5.75 Å². The molecule has 2 aromatic carbocycles. The normalized spacial score (nSPS) is 11.4. The molecule has 0 fully saturated rings. The summed E-state index contributed by atoms with van der Waals surface area (Å²) in [5, 5.41) is 26.2. The molecule has 0 radical (unpaired) electrons. The van der Waals surface area contributed by atoms with Crippen LogP contribution >= 0.6 is 0 Å². The van der Waals surface area contributed by atoms with Crippen molar-refractivity contribution in [1.29, 1.82) is 0 Å². The fourth-order valence-corrected chi connectivity index (χ4v) is 2.90. The van der Waals surface area contributed by atoms with Crippen molar-refractivity contribution < 1.29 is 14.6 Å². The average molecular weight is 428 g/mol. The summed E-state index contributed by atoms with van der Waals surface area (Å²) in [6.45, 7) is 6.89. The number of anilines is 1. The van der Waals surface area contributed by atoms with E-state index in [4.69, 9.17) is 4.74 Å². The van der Waals surface area contributed by atoms with Crippen molar-refractivity contribution in [2.24, 2.45) is 11.0 Å². The second-order valence-corrected chi connectivity index (χ2v) is 7.64. The minimum atomic E-state index is -0.685. The summed E-state index contributed by atoms with van der Waals surface area (Å²) in [7, 11) is 0. The van der Waals surface area contributed by atoms with E-state index in [-0.39, 0.29) is 11.4 Å². The van der Waals surface area contributed by atoms with Gasteiger partial charge in [0.25, 0.3) is 5.69 Å². The number of unbranched alkanes of at least 4 members (excludes halogenated alkanes) is 2. The molecule has 0 aromatic heterocycles. The van der Waals surface area contributed by atoms with Gasteiger partial charge in [-0.1, -0.05) is 33.1 Å². The molecule has 0 aliphatic carbocycles. The summed E-state index contributed by atoms with van der Waals surface area (Å²) in [6.07, 6.45) is 4.63. The molecule has 166 valence electrons. The lowest BCUT2D eigenvalue weighted by Crippen LogP contribution is -2.03. The molecule has 31 heavy (non-hydrogen) atoms.